The van der Waals surface area contributed by atoms with Gasteiger partial charge in [0, 0.05) is 5.69 Å². The van der Waals surface area contributed by atoms with Gasteiger partial charge in [0.25, 0.3) is 0 Å². The summed E-state index contributed by atoms with van der Waals surface area (Å²) in [6.45, 7) is 3.94. The first kappa shape index (κ1) is 16.8. The van der Waals surface area contributed by atoms with Crippen LogP contribution >= 0.6 is 0 Å². The molecule has 2 amide bonds. The van der Waals surface area contributed by atoms with Crippen molar-refractivity contribution in [3.63, 3.8) is 0 Å². The van der Waals surface area contributed by atoms with Crippen LogP contribution in [0.1, 0.15) is 12.5 Å². The normalized spacial score (nSPS) is 16.6. The number of amides is 2. The summed E-state index contributed by atoms with van der Waals surface area (Å²) in [4.78, 5) is 24.2. The molecule has 1 aliphatic rings. The molecule has 0 unspecified atom stereocenters. The van der Waals surface area contributed by atoms with Crippen LogP contribution in [-0.4, -0.2) is 30.6 Å². The van der Waals surface area contributed by atoms with Gasteiger partial charge in [-0.2, -0.15) is 0 Å². The predicted octanol–water partition coefficient (Wildman–Crippen LogP) is 2.28. The Balaban J connectivity index is 1.57. The van der Waals surface area contributed by atoms with E-state index in [1.807, 2.05) is 37.3 Å². The summed E-state index contributed by atoms with van der Waals surface area (Å²) >= 11 is 0. The number of para-hydroxylation sites is 3. The van der Waals surface area contributed by atoms with Gasteiger partial charge in [-0.05, 0) is 37.6 Å². The first-order valence-corrected chi connectivity index (χ1v) is 8.10. The molecular formula is C19H20N2O4. The lowest BCUT2D eigenvalue weighted by molar-refractivity contribution is -0.137. The highest BCUT2D eigenvalue weighted by Crippen LogP contribution is 2.31. The van der Waals surface area contributed by atoms with Crippen molar-refractivity contribution in [1.29, 1.82) is 0 Å². The number of rotatable bonds is 3. The molecule has 0 aromatic heterocycles. The number of carbonyl (C=O) groups excluding carboxylic acids is 2. The summed E-state index contributed by atoms with van der Waals surface area (Å²) in [6.07, 6.45) is -0.370. The first-order valence-electron chi connectivity index (χ1n) is 8.10. The van der Waals surface area contributed by atoms with E-state index in [9.17, 15) is 9.59 Å². The first-order chi connectivity index (χ1) is 12.0. The fourth-order valence-electron chi connectivity index (χ4n) is 2.54. The van der Waals surface area contributed by atoms with Crippen LogP contribution in [0.15, 0.2) is 48.5 Å². The van der Waals surface area contributed by atoms with Gasteiger partial charge in [-0.3, -0.25) is 9.59 Å². The molecule has 130 valence electrons. The van der Waals surface area contributed by atoms with Gasteiger partial charge in [-0.15, -0.1) is 0 Å². The van der Waals surface area contributed by atoms with Crippen LogP contribution in [0, 0.1) is 6.92 Å². The van der Waals surface area contributed by atoms with Gasteiger partial charge in [0.05, 0.1) is 6.04 Å². The second-order valence-electron chi connectivity index (χ2n) is 5.95. The molecule has 3 rings (SSSR count). The zero-order valence-electron chi connectivity index (χ0n) is 14.1. The molecule has 0 spiro atoms. The van der Waals surface area contributed by atoms with E-state index in [0.29, 0.717) is 23.8 Å². The molecule has 6 nitrogen and oxygen atoms in total. The number of benzene rings is 2. The van der Waals surface area contributed by atoms with Gasteiger partial charge < -0.3 is 20.1 Å². The van der Waals surface area contributed by atoms with Crippen LogP contribution in [-0.2, 0) is 9.59 Å². The molecule has 0 saturated carbocycles. The van der Waals surface area contributed by atoms with Crippen molar-refractivity contribution in [3.05, 3.63) is 54.1 Å². The maximum absolute atomic E-state index is 12.1. The van der Waals surface area contributed by atoms with Gasteiger partial charge in [0.1, 0.15) is 6.61 Å². The number of hydrogen-bond donors (Lipinski definition) is 2. The molecule has 2 atom stereocenters. The van der Waals surface area contributed by atoms with Crippen LogP contribution in [0.5, 0.6) is 11.5 Å². The summed E-state index contributed by atoms with van der Waals surface area (Å²) in [5, 5.41) is 5.27. The molecule has 0 fully saturated rings. The quantitative estimate of drug-likeness (QED) is 0.841. The van der Waals surface area contributed by atoms with E-state index in [4.69, 9.17) is 9.47 Å². The SMILES string of the molecule is Cc1ccccc1NC(=O)C(=O)N[C@@H](C)[C@H]1COc2ccccc2O1. The summed E-state index contributed by atoms with van der Waals surface area (Å²) in [5.74, 6) is -0.115. The van der Waals surface area contributed by atoms with Crippen molar-refractivity contribution in [2.24, 2.45) is 0 Å². The minimum Gasteiger partial charge on any atom is -0.486 e. The Morgan fingerprint density at radius 3 is 2.48 bits per heavy atom. The lowest BCUT2D eigenvalue weighted by Crippen LogP contribution is -2.50. The minimum absolute atomic E-state index is 0.303. The molecule has 25 heavy (non-hydrogen) atoms. The van der Waals surface area contributed by atoms with Crippen LogP contribution < -0.4 is 20.1 Å². The number of aryl methyl sites for hydroxylation is 1. The fraction of sp³-hybridized carbons (Fsp3) is 0.263. The Bertz CT molecular complexity index is 790. The summed E-state index contributed by atoms with van der Waals surface area (Å²) in [7, 11) is 0. The van der Waals surface area contributed by atoms with Crippen LogP contribution in [0.25, 0.3) is 0 Å². The topological polar surface area (TPSA) is 76.7 Å². The fourth-order valence-corrected chi connectivity index (χ4v) is 2.54. The van der Waals surface area contributed by atoms with Crippen LogP contribution in [0.2, 0.25) is 0 Å². The predicted molar refractivity (Wildman–Crippen MR) is 93.8 cm³/mol. The third-order valence-electron chi connectivity index (χ3n) is 4.05. The molecule has 6 heteroatoms. The van der Waals surface area contributed by atoms with Crippen molar-refractivity contribution in [3.8, 4) is 11.5 Å². The zero-order valence-corrected chi connectivity index (χ0v) is 14.1. The maximum Gasteiger partial charge on any atom is 0.313 e. The maximum atomic E-state index is 12.1. The number of nitrogens with one attached hydrogen (secondary N) is 2. The van der Waals surface area contributed by atoms with E-state index in [1.165, 1.54) is 0 Å². The lowest BCUT2D eigenvalue weighted by Gasteiger charge is -2.30. The average Bonchev–Trinajstić information content (AvgIpc) is 2.63. The molecule has 2 aromatic carbocycles. The minimum atomic E-state index is -0.710. The molecule has 1 aliphatic heterocycles. The van der Waals surface area contributed by atoms with Gasteiger partial charge >= 0.3 is 11.8 Å². The second-order valence-corrected chi connectivity index (χ2v) is 5.95. The highest BCUT2D eigenvalue weighted by Gasteiger charge is 2.28. The van der Waals surface area contributed by atoms with E-state index in [-0.39, 0.29) is 12.1 Å². The van der Waals surface area contributed by atoms with E-state index in [0.717, 1.165) is 5.56 Å². The summed E-state index contributed by atoms with van der Waals surface area (Å²) in [5.41, 5.74) is 1.50. The number of anilines is 1. The van der Waals surface area contributed by atoms with Crippen molar-refractivity contribution in [1.82, 2.24) is 5.32 Å². The Labute approximate surface area is 146 Å². The van der Waals surface area contributed by atoms with Gasteiger partial charge in [-0.25, -0.2) is 0 Å². The molecule has 0 radical (unpaired) electrons. The number of ether oxygens (including phenoxy) is 2. The number of fused-ring (bicyclic) bond motifs is 1. The van der Waals surface area contributed by atoms with Crippen molar-refractivity contribution in [2.45, 2.75) is 26.0 Å². The smallest absolute Gasteiger partial charge is 0.313 e. The molecule has 0 aliphatic carbocycles. The van der Waals surface area contributed by atoms with Crippen molar-refractivity contribution < 1.29 is 19.1 Å². The highest BCUT2D eigenvalue weighted by molar-refractivity contribution is 6.39. The van der Waals surface area contributed by atoms with E-state index >= 15 is 0 Å². The summed E-state index contributed by atoms with van der Waals surface area (Å²) < 4.78 is 11.5. The Morgan fingerprint density at radius 2 is 1.72 bits per heavy atom. The van der Waals surface area contributed by atoms with E-state index in [2.05, 4.69) is 10.6 Å². The summed E-state index contributed by atoms with van der Waals surface area (Å²) in [6, 6.07) is 14.2. The molecule has 2 N–H and O–H groups in total. The largest absolute Gasteiger partial charge is 0.486 e. The van der Waals surface area contributed by atoms with E-state index < -0.39 is 11.8 Å². The molecule has 1 heterocycles. The molecular weight excluding hydrogens is 320 g/mol. The monoisotopic (exact) mass is 340 g/mol. The van der Waals surface area contributed by atoms with Crippen LogP contribution in [0.4, 0.5) is 5.69 Å². The Kier molecular flexibility index (Phi) is 4.88. The standard InChI is InChI=1S/C19H20N2O4/c1-12-7-3-4-8-14(12)21-19(23)18(22)20-13(2)17-11-24-15-9-5-6-10-16(15)25-17/h3-10,13,17H,11H2,1-2H3,(H,20,22)(H,21,23)/t13-,17+/m0/s1. The van der Waals surface area contributed by atoms with Crippen molar-refractivity contribution >= 4 is 17.5 Å². The molecule has 0 bridgehead atoms. The average molecular weight is 340 g/mol. The van der Waals surface area contributed by atoms with Crippen molar-refractivity contribution in [2.75, 3.05) is 11.9 Å². The lowest BCUT2D eigenvalue weighted by atomic mass is 10.1. The van der Waals surface area contributed by atoms with Crippen LogP contribution in [0.3, 0.4) is 0 Å². The number of carbonyl (C=O) groups is 2. The number of hydrogen-bond acceptors (Lipinski definition) is 4. The van der Waals surface area contributed by atoms with Gasteiger partial charge in [-0.1, -0.05) is 30.3 Å². The zero-order chi connectivity index (χ0) is 17.8. The molecule has 2 aromatic rings. The highest BCUT2D eigenvalue weighted by atomic mass is 16.6. The van der Waals surface area contributed by atoms with E-state index in [1.54, 1.807) is 25.1 Å². The Hall–Kier alpha value is -3.02. The molecule has 0 saturated heterocycles. The third kappa shape index (κ3) is 3.91. The van der Waals surface area contributed by atoms with Gasteiger partial charge in [0.15, 0.2) is 17.6 Å². The third-order valence-corrected chi connectivity index (χ3v) is 4.05. The van der Waals surface area contributed by atoms with Gasteiger partial charge in [0.2, 0.25) is 0 Å². The second kappa shape index (κ2) is 7.25. The Morgan fingerprint density at radius 1 is 1.04 bits per heavy atom.